The zero-order chi connectivity index (χ0) is 19.5. The molecule has 0 radical (unpaired) electrons. The molecule has 26 heavy (non-hydrogen) atoms. The van der Waals surface area contributed by atoms with Crippen LogP contribution >= 0.6 is 0 Å². The first-order valence-corrected chi connectivity index (χ1v) is 9.63. The van der Waals surface area contributed by atoms with Crippen LogP contribution in [0, 0.1) is 20.8 Å². The highest BCUT2D eigenvalue weighted by atomic mass is 32.2. The van der Waals surface area contributed by atoms with E-state index in [-0.39, 0.29) is 11.4 Å². The molecule has 0 aliphatic heterocycles. The van der Waals surface area contributed by atoms with Crippen LogP contribution in [0.4, 0.5) is 5.69 Å². The lowest BCUT2D eigenvalue weighted by atomic mass is 10.1. The Labute approximate surface area is 155 Å². The van der Waals surface area contributed by atoms with E-state index in [2.05, 4.69) is 6.58 Å². The number of aryl methyl sites for hydroxylation is 3. The molecule has 0 saturated heterocycles. The summed E-state index contributed by atoms with van der Waals surface area (Å²) < 4.78 is 38.6. The second-order valence-corrected chi connectivity index (χ2v) is 7.95. The van der Waals surface area contributed by atoms with Crippen LogP contribution in [0.25, 0.3) is 0 Å². The Morgan fingerprint density at radius 1 is 1.00 bits per heavy atom. The summed E-state index contributed by atoms with van der Waals surface area (Å²) in [5.74, 6) is 0.842. The van der Waals surface area contributed by atoms with Crippen molar-refractivity contribution in [1.29, 1.82) is 0 Å². The van der Waals surface area contributed by atoms with Gasteiger partial charge in [-0.3, -0.25) is 4.31 Å². The van der Waals surface area contributed by atoms with Gasteiger partial charge in [-0.1, -0.05) is 23.8 Å². The van der Waals surface area contributed by atoms with Gasteiger partial charge in [0, 0.05) is 6.07 Å². The molecule has 6 heteroatoms. The molecule has 2 rings (SSSR count). The lowest BCUT2D eigenvalue weighted by Crippen LogP contribution is -2.32. The molecular formula is C20H25NO4S. The van der Waals surface area contributed by atoms with Gasteiger partial charge in [0.15, 0.2) is 11.5 Å². The van der Waals surface area contributed by atoms with E-state index in [0.717, 1.165) is 16.7 Å². The van der Waals surface area contributed by atoms with Crippen LogP contribution in [0.2, 0.25) is 0 Å². The summed E-state index contributed by atoms with van der Waals surface area (Å²) in [6, 6.07) is 8.53. The Bertz CT molecular complexity index is 896. The Kier molecular flexibility index (Phi) is 5.97. The average Bonchev–Trinajstić information content (AvgIpc) is 2.59. The number of anilines is 1. The number of rotatable bonds is 7. The zero-order valence-electron chi connectivity index (χ0n) is 15.9. The van der Waals surface area contributed by atoms with E-state index >= 15 is 0 Å². The Hall–Kier alpha value is -2.47. The van der Waals surface area contributed by atoms with Crippen molar-refractivity contribution in [2.45, 2.75) is 25.7 Å². The molecule has 2 aromatic carbocycles. The molecule has 0 amide bonds. The fourth-order valence-corrected chi connectivity index (χ4v) is 4.68. The summed E-state index contributed by atoms with van der Waals surface area (Å²) in [6.07, 6.45) is 1.58. The monoisotopic (exact) mass is 375 g/mol. The van der Waals surface area contributed by atoms with E-state index in [1.807, 2.05) is 32.9 Å². The molecule has 0 fully saturated rings. The molecule has 0 aliphatic carbocycles. The van der Waals surface area contributed by atoms with Crippen LogP contribution < -0.4 is 13.8 Å². The number of benzene rings is 2. The minimum atomic E-state index is -3.81. The third kappa shape index (κ3) is 3.70. The van der Waals surface area contributed by atoms with Crippen molar-refractivity contribution in [3.8, 4) is 11.5 Å². The minimum Gasteiger partial charge on any atom is -0.493 e. The molecule has 0 aliphatic rings. The lowest BCUT2D eigenvalue weighted by Gasteiger charge is -2.27. The fraction of sp³-hybridized carbons (Fsp3) is 0.300. The maximum atomic E-state index is 13.4. The van der Waals surface area contributed by atoms with Crippen LogP contribution in [-0.2, 0) is 10.0 Å². The third-order valence-corrected chi connectivity index (χ3v) is 5.88. The van der Waals surface area contributed by atoms with Crippen molar-refractivity contribution in [3.63, 3.8) is 0 Å². The van der Waals surface area contributed by atoms with Crippen LogP contribution in [0.3, 0.4) is 0 Å². The van der Waals surface area contributed by atoms with E-state index in [0.29, 0.717) is 17.2 Å². The number of sulfonamides is 1. The van der Waals surface area contributed by atoms with Gasteiger partial charge in [0.25, 0.3) is 10.0 Å². The second kappa shape index (κ2) is 7.83. The van der Waals surface area contributed by atoms with Crippen LogP contribution in [-0.4, -0.2) is 29.2 Å². The summed E-state index contributed by atoms with van der Waals surface area (Å²) in [6.45, 7) is 9.70. The van der Waals surface area contributed by atoms with Crippen molar-refractivity contribution in [2.24, 2.45) is 0 Å². The van der Waals surface area contributed by atoms with E-state index < -0.39 is 10.0 Å². The highest BCUT2D eigenvalue weighted by molar-refractivity contribution is 7.92. The Morgan fingerprint density at radius 3 is 2.08 bits per heavy atom. The molecule has 0 spiro atoms. The van der Waals surface area contributed by atoms with Crippen molar-refractivity contribution in [2.75, 3.05) is 25.1 Å². The predicted octanol–water partition coefficient (Wildman–Crippen LogP) is 4.01. The maximum Gasteiger partial charge on any atom is 0.264 e. The number of hydrogen-bond donors (Lipinski definition) is 0. The molecule has 2 aromatic rings. The molecule has 0 atom stereocenters. The number of hydrogen-bond acceptors (Lipinski definition) is 4. The highest BCUT2D eigenvalue weighted by Crippen LogP contribution is 2.34. The number of methoxy groups -OCH3 is 2. The minimum absolute atomic E-state index is 0.136. The summed E-state index contributed by atoms with van der Waals surface area (Å²) in [4.78, 5) is 0.136. The fourth-order valence-electron chi connectivity index (χ4n) is 3.10. The van der Waals surface area contributed by atoms with Crippen molar-refractivity contribution >= 4 is 15.7 Å². The standard InChI is InChI=1S/C20H25NO4S/c1-7-10-21(20-15(3)11-14(2)12-16(20)4)26(22,23)17-8-9-18(24-5)19(13-17)25-6/h7-9,11-13H,1,10H2,2-6H3. The van der Waals surface area contributed by atoms with Gasteiger partial charge in [-0.15, -0.1) is 6.58 Å². The summed E-state index contributed by atoms with van der Waals surface area (Å²) in [5, 5.41) is 0. The van der Waals surface area contributed by atoms with Gasteiger partial charge < -0.3 is 9.47 Å². The first-order chi connectivity index (χ1) is 12.3. The van der Waals surface area contributed by atoms with E-state index in [1.54, 1.807) is 12.1 Å². The second-order valence-electron chi connectivity index (χ2n) is 6.09. The zero-order valence-corrected chi connectivity index (χ0v) is 16.7. The van der Waals surface area contributed by atoms with Crippen LogP contribution in [0.1, 0.15) is 16.7 Å². The highest BCUT2D eigenvalue weighted by Gasteiger charge is 2.27. The largest absolute Gasteiger partial charge is 0.493 e. The molecule has 140 valence electrons. The molecule has 0 bridgehead atoms. The quantitative estimate of drug-likeness (QED) is 0.686. The first-order valence-electron chi connectivity index (χ1n) is 8.19. The molecule has 0 heterocycles. The number of nitrogens with zero attached hydrogens (tertiary/aromatic N) is 1. The number of ether oxygens (including phenoxy) is 2. The van der Waals surface area contributed by atoms with Crippen molar-refractivity contribution < 1.29 is 17.9 Å². The summed E-state index contributed by atoms with van der Waals surface area (Å²) in [5.41, 5.74) is 3.55. The van der Waals surface area contributed by atoms with E-state index in [1.165, 1.54) is 30.7 Å². The van der Waals surface area contributed by atoms with Crippen molar-refractivity contribution in [1.82, 2.24) is 0 Å². The van der Waals surface area contributed by atoms with Gasteiger partial charge in [-0.2, -0.15) is 0 Å². The SMILES string of the molecule is C=CCN(c1c(C)cc(C)cc1C)S(=O)(=O)c1ccc(OC)c(OC)c1. The van der Waals surface area contributed by atoms with Crippen molar-refractivity contribution in [3.05, 3.63) is 59.7 Å². The lowest BCUT2D eigenvalue weighted by molar-refractivity contribution is 0.354. The van der Waals surface area contributed by atoms with Gasteiger partial charge in [-0.25, -0.2) is 8.42 Å². The van der Waals surface area contributed by atoms with Gasteiger partial charge in [0.2, 0.25) is 0 Å². The van der Waals surface area contributed by atoms with E-state index in [4.69, 9.17) is 9.47 Å². The molecule has 0 aromatic heterocycles. The molecule has 0 N–H and O–H groups in total. The average molecular weight is 375 g/mol. The Morgan fingerprint density at radius 2 is 1.58 bits per heavy atom. The molecular weight excluding hydrogens is 350 g/mol. The van der Waals surface area contributed by atoms with Gasteiger partial charge in [0.05, 0.1) is 31.3 Å². The Balaban J connectivity index is 2.65. The van der Waals surface area contributed by atoms with Gasteiger partial charge in [0.1, 0.15) is 0 Å². The summed E-state index contributed by atoms with van der Waals surface area (Å²) in [7, 11) is -0.820. The normalized spacial score (nSPS) is 11.1. The van der Waals surface area contributed by atoms with E-state index in [9.17, 15) is 8.42 Å². The van der Waals surface area contributed by atoms with Gasteiger partial charge >= 0.3 is 0 Å². The van der Waals surface area contributed by atoms with Crippen LogP contribution in [0.5, 0.6) is 11.5 Å². The molecule has 0 saturated carbocycles. The topological polar surface area (TPSA) is 55.8 Å². The molecule has 0 unspecified atom stereocenters. The predicted molar refractivity (Wildman–Crippen MR) is 105 cm³/mol. The van der Waals surface area contributed by atoms with Crippen LogP contribution in [0.15, 0.2) is 47.9 Å². The maximum absolute atomic E-state index is 13.4. The third-order valence-electron chi connectivity index (χ3n) is 4.12. The summed E-state index contributed by atoms with van der Waals surface area (Å²) >= 11 is 0. The first kappa shape index (κ1) is 19.8. The van der Waals surface area contributed by atoms with Gasteiger partial charge in [-0.05, 0) is 44.0 Å². The smallest absolute Gasteiger partial charge is 0.264 e. The molecule has 5 nitrogen and oxygen atoms in total.